The van der Waals surface area contributed by atoms with Crippen LogP contribution in [0.4, 0.5) is 0 Å². The van der Waals surface area contributed by atoms with Gasteiger partial charge in [-0.05, 0) is 32.9 Å². The molecule has 0 rings (SSSR count). The Morgan fingerprint density at radius 3 is 2.46 bits per heavy atom. The zero-order valence-electron chi connectivity index (χ0n) is 7.95. The standard InChI is InChI=1S/C8H17N3OS/c1-11(6-7(9)12)5-3-2-4-8(10)13/h2-6H2,1H3,(H2,9,12)(H2,10,13). The van der Waals surface area contributed by atoms with Gasteiger partial charge in [-0.15, -0.1) is 0 Å². The Bertz CT molecular complexity index is 184. The highest BCUT2D eigenvalue weighted by molar-refractivity contribution is 7.80. The van der Waals surface area contributed by atoms with Gasteiger partial charge in [0.15, 0.2) is 0 Å². The fraction of sp³-hybridized carbons (Fsp3) is 0.750. The van der Waals surface area contributed by atoms with Crippen LogP contribution in [0.3, 0.4) is 0 Å². The monoisotopic (exact) mass is 203 g/mol. The number of thiocarbonyl (C=S) groups is 1. The quantitative estimate of drug-likeness (QED) is 0.446. The lowest BCUT2D eigenvalue weighted by molar-refractivity contribution is -0.118. The number of unbranched alkanes of at least 4 members (excludes halogenated alkanes) is 1. The first-order valence-electron chi connectivity index (χ1n) is 4.27. The highest BCUT2D eigenvalue weighted by Gasteiger charge is 2.01. The fourth-order valence-electron chi connectivity index (χ4n) is 1.03. The first kappa shape index (κ1) is 12.3. The predicted molar refractivity (Wildman–Crippen MR) is 57.3 cm³/mol. The van der Waals surface area contributed by atoms with Gasteiger partial charge < -0.3 is 11.5 Å². The minimum absolute atomic E-state index is 0.295. The van der Waals surface area contributed by atoms with Crippen LogP contribution in [0, 0.1) is 0 Å². The summed E-state index contributed by atoms with van der Waals surface area (Å²) in [7, 11) is 1.87. The average Bonchev–Trinajstić information content (AvgIpc) is 1.96. The van der Waals surface area contributed by atoms with Crippen LogP contribution >= 0.6 is 12.2 Å². The van der Waals surface area contributed by atoms with Crippen molar-refractivity contribution in [1.29, 1.82) is 0 Å². The number of likely N-dealkylation sites (N-methyl/N-ethyl adjacent to an activating group) is 1. The van der Waals surface area contributed by atoms with Crippen molar-refractivity contribution in [2.45, 2.75) is 19.3 Å². The Kier molecular flexibility index (Phi) is 6.44. The van der Waals surface area contributed by atoms with Crippen LogP contribution in [0.1, 0.15) is 19.3 Å². The van der Waals surface area contributed by atoms with Crippen LogP contribution in [0.15, 0.2) is 0 Å². The van der Waals surface area contributed by atoms with Crippen molar-refractivity contribution in [3.63, 3.8) is 0 Å². The lowest BCUT2D eigenvalue weighted by Gasteiger charge is -2.13. The van der Waals surface area contributed by atoms with Gasteiger partial charge in [0.2, 0.25) is 5.91 Å². The van der Waals surface area contributed by atoms with Crippen molar-refractivity contribution in [2.75, 3.05) is 20.1 Å². The maximum atomic E-state index is 10.5. The summed E-state index contributed by atoms with van der Waals surface area (Å²) in [5.41, 5.74) is 10.4. The molecule has 76 valence electrons. The highest BCUT2D eigenvalue weighted by Crippen LogP contribution is 1.97. The summed E-state index contributed by atoms with van der Waals surface area (Å²) in [5, 5.41) is 0. The molecule has 4 N–H and O–H groups in total. The van der Waals surface area contributed by atoms with Gasteiger partial charge in [-0.1, -0.05) is 12.2 Å². The third kappa shape index (κ3) is 9.23. The number of nitrogens with zero attached hydrogens (tertiary/aromatic N) is 1. The van der Waals surface area contributed by atoms with E-state index in [9.17, 15) is 4.79 Å². The third-order valence-corrected chi connectivity index (χ3v) is 1.84. The summed E-state index contributed by atoms with van der Waals surface area (Å²) in [6.45, 7) is 1.17. The first-order valence-corrected chi connectivity index (χ1v) is 4.68. The van der Waals surface area contributed by atoms with Gasteiger partial charge in [0.1, 0.15) is 0 Å². The molecule has 0 aromatic heterocycles. The Balaban J connectivity index is 3.31. The summed E-state index contributed by atoms with van der Waals surface area (Å²) >= 11 is 4.73. The van der Waals surface area contributed by atoms with Crippen molar-refractivity contribution in [1.82, 2.24) is 4.90 Å². The molecule has 4 nitrogen and oxygen atoms in total. The molecule has 5 heteroatoms. The first-order chi connectivity index (χ1) is 6.02. The van der Waals surface area contributed by atoms with E-state index >= 15 is 0 Å². The number of primary amides is 1. The van der Waals surface area contributed by atoms with Gasteiger partial charge in [-0.25, -0.2) is 0 Å². The van der Waals surface area contributed by atoms with Crippen molar-refractivity contribution in [3.8, 4) is 0 Å². The van der Waals surface area contributed by atoms with E-state index in [1.807, 2.05) is 11.9 Å². The van der Waals surface area contributed by atoms with Gasteiger partial charge in [0.05, 0.1) is 11.5 Å². The van der Waals surface area contributed by atoms with E-state index < -0.39 is 0 Å². The molecule has 0 aromatic carbocycles. The number of amides is 1. The predicted octanol–water partition coefficient (Wildman–Crippen LogP) is -0.140. The Hall–Kier alpha value is -0.680. The number of nitrogens with two attached hydrogens (primary N) is 2. The maximum Gasteiger partial charge on any atom is 0.231 e. The second kappa shape index (κ2) is 6.80. The lowest BCUT2D eigenvalue weighted by atomic mass is 10.2. The maximum absolute atomic E-state index is 10.5. The van der Waals surface area contributed by atoms with Crippen LogP contribution in [-0.4, -0.2) is 35.9 Å². The second-order valence-corrected chi connectivity index (χ2v) is 3.65. The Morgan fingerprint density at radius 1 is 1.38 bits per heavy atom. The zero-order chi connectivity index (χ0) is 10.3. The molecule has 0 saturated heterocycles. The summed E-state index contributed by atoms with van der Waals surface area (Å²) in [6.07, 6.45) is 2.74. The summed E-state index contributed by atoms with van der Waals surface area (Å²) in [6, 6.07) is 0. The van der Waals surface area contributed by atoms with Crippen LogP contribution in [0.5, 0.6) is 0 Å². The molecule has 0 aliphatic carbocycles. The number of rotatable bonds is 7. The van der Waals surface area contributed by atoms with E-state index in [4.69, 9.17) is 23.7 Å². The number of hydrogen-bond acceptors (Lipinski definition) is 3. The smallest absolute Gasteiger partial charge is 0.231 e. The molecular weight excluding hydrogens is 186 g/mol. The van der Waals surface area contributed by atoms with Gasteiger partial charge in [0.25, 0.3) is 0 Å². The molecule has 1 amide bonds. The summed E-state index contributed by atoms with van der Waals surface area (Å²) in [4.78, 5) is 12.9. The van der Waals surface area contributed by atoms with Crippen LogP contribution in [0.2, 0.25) is 0 Å². The summed E-state index contributed by atoms with van der Waals surface area (Å²) in [5.74, 6) is -0.295. The van der Waals surface area contributed by atoms with Gasteiger partial charge in [0, 0.05) is 0 Å². The van der Waals surface area contributed by atoms with Gasteiger partial charge in [-0.3, -0.25) is 9.69 Å². The molecule has 0 aliphatic rings. The highest BCUT2D eigenvalue weighted by atomic mass is 32.1. The van der Waals surface area contributed by atoms with E-state index in [-0.39, 0.29) is 5.91 Å². The molecule has 0 saturated carbocycles. The molecule has 0 bridgehead atoms. The van der Waals surface area contributed by atoms with Gasteiger partial charge >= 0.3 is 0 Å². The van der Waals surface area contributed by atoms with E-state index in [1.165, 1.54) is 0 Å². The molecule has 0 unspecified atom stereocenters. The molecule has 0 spiro atoms. The molecule has 13 heavy (non-hydrogen) atoms. The normalized spacial score (nSPS) is 10.3. The van der Waals surface area contributed by atoms with Crippen molar-refractivity contribution >= 4 is 23.1 Å². The van der Waals surface area contributed by atoms with Crippen molar-refractivity contribution < 1.29 is 4.79 Å². The number of carbonyl (C=O) groups is 1. The van der Waals surface area contributed by atoms with Gasteiger partial charge in [-0.2, -0.15) is 0 Å². The van der Waals surface area contributed by atoms with E-state index in [1.54, 1.807) is 0 Å². The fourth-order valence-corrected chi connectivity index (χ4v) is 1.17. The molecule has 0 radical (unpaired) electrons. The van der Waals surface area contributed by atoms with E-state index in [0.29, 0.717) is 11.5 Å². The molecule has 0 fully saturated rings. The third-order valence-electron chi connectivity index (χ3n) is 1.64. The van der Waals surface area contributed by atoms with E-state index in [0.717, 1.165) is 25.8 Å². The van der Waals surface area contributed by atoms with E-state index in [2.05, 4.69) is 0 Å². The number of hydrogen-bond donors (Lipinski definition) is 2. The summed E-state index contributed by atoms with van der Waals surface area (Å²) < 4.78 is 0. The lowest BCUT2D eigenvalue weighted by Crippen LogP contribution is -2.31. The minimum Gasteiger partial charge on any atom is -0.393 e. The zero-order valence-corrected chi connectivity index (χ0v) is 8.77. The largest absolute Gasteiger partial charge is 0.393 e. The molecule has 0 aromatic rings. The Labute approximate surface area is 84.3 Å². The topological polar surface area (TPSA) is 72.3 Å². The molecule has 0 atom stereocenters. The number of carbonyl (C=O) groups excluding carboxylic acids is 1. The molecule has 0 heterocycles. The molecular formula is C8H17N3OS. The average molecular weight is 203 g/mol. The van der Waals surface area contributed by atoms with Crippen molar-refractivity contribution in [3.05, 3.63) is 0 Å². The Morgan fingerprint density at radius 2 is 2.00 bits per heavy atom. The van der Waals surface area contributed by atoms with Crippen LogP contribution < -0.4 is 11.5 Å². The minimum atomic E-state index is -0.295. The van der Waals surface area contributed by atoms with Crippen LogP contribution in [0.25, 0.3) is 0 Å². The van der Waals surface area contributed by atoms with Crippen LogP contribution in [-0.2, 0) is 4.79 Å². The van der Waals surface area contributed by atoms with Crippen molar-refractivity contribution in [2.24, 2.45) is 11.5 Å². The SMILES string of the molecule is CN(CCCCC(N)=S)CC(N)=O. The molecule has 0 aliphatic heterocycles. The second-order valence-electron chi connectivity index (χ2n) is 3.13.